The highest BCUT2D eigenvalue weighted by Gasteiger charge is 2.30. The summed E-state index contributed by atoms with van der Waals surface area (Å²) >= 11 is 0. The van der Waals surface area contributed by atoms with E-state index in [2.05, 4.69) is 0 Å². The minimum absolute atomic E-state index is 0.336. The lowest BCUT2D eigenvalue weighted by Crippen LogP contribution is -2.06. The van der Waals surface area contributed by atoms with E-state index in [1.807, 2.05) is 6.92 Å². The standard InChI is InChI=1S/C12H15F3O/c1-2-3-7-11(16)9-5-4-6-10(8-9)12(13,14)15/h4-6,8,11,16H,2-3,7H2,1H3/t11-/m1/s1. The van der Waals surface area contributed by atoms with Crippen molar-refractivity contribution in [3.8, 4) is 0 Å². The molecule has 0 unspecified atom stereocenters. The van der Waals surface area contributed by atoms with Crippen LogP contribution in [0.4, 0.5) is 13.2 Å². The average molecular weight is 232 g/mol. The first-order valence-corrected chi connectivity index (χ1v) is 5.30. The second kappa shape index (κ2) is 5.34. The van der Waals surface area contributed by atoms with Crippen molar-refractivity contribution in [2.45, 2.75) is 38.5 Å². The number of hydrogen-bond acceptors (Lipinski definition) is 1. The van der Waals surface area contributed by atoms with Crippen molar-refractivity contribution in [3.05, 3.63) is 35.4 Å². The van der Waals surface area contributed by atoms with Crippen LogP contribution in [-0.2, 0) is 6.18 Å². The van der Waals surface area contributed by atoms with Crippen molar-refractivity contribution in [2.24, 2.45) is 0 Å². The molecule has 0 spiro atoms. The fourth-order valence-electron chi connectivity index (χ4n) is 1.49. The molecule has 4 heteroatoms. The van der Waals surface area contributed by atoms with E-state index in [1.54, 1.807) is 0 Å². The molecule has 0 aliphatic carbocycles. The summed E-state index contributed by atoms with van der Waals surface area (Å²) in [4.78, 5) is 0. The predicted molar refractivity (Wildman–Crippen MR) is 55.9 cm³/mol. The molecule has 1 N–H and O–H groups in total. The lowest BCUT2D eigenvalue weighted by molar-refractivity contribution is -0.137. The zero-order chi connectivity index (χ0) is 12.2. The van der Waals surface area contributed by atoms with Gasteiger partial charge in [0.1, 0.15) is 0 Å². The molecule has 1 aromatic rings. The van der Waals surface area contributed by atoms with E-state index in [9.17, 15) is 18.3 Å². The average Bonchev–Trinajstić information content (AvgIpc) is 2.25. The molecular weight excluding hydrogens is 217 g/mol. The number of alkyl halides is 3. The topological polar surface area (TPSA) is 20.2 Å². The Hall–Kier alpha value is -1.03. The largest absolute Gasteiger partial charge is 0.416 e. The molecule has 0 saturated heterocycles. The highest BCUT2D eigenvalue weighted by atomic mass is 19.4. The summed E-state index contributed by atoms with van der Waals surface area (Å²) in [5, 5.41) is 9.67. The van der Waals surface area contributed by atoms with Crippen LogP contribution in [0.5, 0.6) is 0 Å². The summed E-state index contributed by atoms with van der Waals surface area (Å²) in [6.07, 6.45) is -2.94. The van der Waals surface area contributed by atoms with E-state index >= 15 is 0 Å². The van der Waals surface area contributed by atoms with Gasteiger partial charge in [0.05, 0.1) is 11.7 Å². The number of hydrogen-bond donors (Lipinski definition) is 1. The molecular formula is C12H15F3O. The second-order valence-corrected chi connectivity index (χ2v) is 3.78. The van der Waals surface area contributed by atoms with Crippen LogP contribution in [0.1, 0.15) is 43.4 Å². The number of rotatable bonds is 4. The van der Waals surface area contributed by atoms with Crippen LogP contribution in [0.15, 0.2) is 24.3 Å². The Morgan fingerprint density at radius 3 is 2.56 bits per heavy atom. The van der Waals surface area contributed by atoms with Gasteiger partial charge in [-0.1, -0.05) is 31.9 Å². The summed E-state index contributed by atoms with van der Waals surface area (Å²) in [6, 6.07) is 4.87. The minimum atomic E-state index is -4.35. The van der Waals surface area contributed by atoms with E-state index in [0.717, 1.165) is 25.0 Å². The van der Waals surface area contributed by atoms with Crippen LogP contribution >= 0.6 is 0 Å². The maximum atomic E-state index is 12.4. The van der Waals surface area contributed by atoms with Crippen molar-refractivity contribution in [1.82, 2.24) is 0 Å². The third kappa shape index (κ3) is 3.52. The molecule has 1 atom stereocenters. The van der Waals surface area contributed by atoms with Crippen molar-refractivity contribution in [3.63, 3.8) is 0 Å². The molecule has 16 heavy (non-hydrogen) atoms. The lowest BCUT2D eigenvalue weighted by atomic mass is 10.0. The van der Waals surface area contributed by atoms with Crippen LogP contribution in [-0.4, -0.2) is 5.11 Å². The van der Waals surface area contributed by atoms with Gasteiger partial charge in [-0.2, -0.15) is 13.2 Å². The molecule has 1 aromatic carbocycles. The van der Waals surface area contributed by atoms with Crippen LogP contribution in [0.2, 0.25) is 0 Å². The Kier molecular flexibility index (Phi) is 4.35. The van der Waals surface area contributed by atoms with Gasteiger partial charge >= 0.3 is 6.18 Å². The SMILES string of the molecule is CCCC[C@@H](O)c1cccc(C(F)(F)F)c1. The van der Waals surface area contributed by atoms with Crippen LogP contribution < -0.4 is 0 Å². The third-order valence-electron chi connectivity index (χ3n) is 2.43. The first-order valence-electron chi connectivity index (χ1n) is 5.30. The quantitative estimate of drug-likeness (QED) is 0.833. The zero-order valence-electron chi connectivity index (χ0n) is 9.09. The number of benzene rings is 1. The Balaban J connectivity index is 2.82. The molecule has 0 bridgehead atoms. The smallest absolute Gasteiger partial charge is 0.388 e. The van der Waals surface area contributed by atoms with Gasteiger partial charge in [0.25, 0.3) is 0 Å². The van der Waals surface area contributed by atoms with E-state index in [-0.39, 0.29) is 0 Å². The van der Waals surface area contributed by atoms with Gasteiger partial charge in [0.2, 0.25) is 0 Å². The fraction of sp³-hybridized carbons (Fsp3) is 0.500. The van der Waals surface area contributed by atoms with E-state index in [0.29, 0.717) is 12.0 Å². The van der Waals surface area contributed by atoms with Crippen LogP contribution in [0.3, 0.4) is 0 Å². The molecule has 90 valence electrons. The highest BCUT2D eigenvalue weighted by Crippen LogP contribution is 2.31. The van der Waals surface area contributed by atoms with Gasteiger partial charge in [-0.3, -0.25) is 0 Å². The second-order valence-electron chi connectivity index (χ2n) is 3.78. The molecule has 0 amide bonds. The first-order chi connectivity index (χ1) is 7.45. The molecule has 0 heterocycles. The summed E-state index contributed by atoms with van der Waals surface area (Å²) in [5.41, 5.74) is -0.371. The Labute approximate surface area is 92.9 Å². The first kappa shape index (κ1) is 13.0. The van der Waals surface area contributed by atoms with E-state index in [4.69, 9.17) is 0 Å². The molecule has 0 saturated carbocycles. The van der Waals surface area contributed by atoms with Gasteiger partial charge < -0.3 is 5.11 Å². The maximum absolute atomic E-state index is 12.4. The normalized spacial score (nSPS) is 13.8. The molecule has 0 aliphatic heterocycles. The van der Waals surface area contributed by atoms with Crippen molar-refractivity contribution in [1.29, 1.82) is 0 Å². The Morgan fingerprint density at radius 1 is 1.31 bits per heavy atom. The van der Waals surface area contributed by atoms with Crippen molar-refractivity contribution in [2.75, 3.05) is 0 Å². The van der Waals surface area contributed by atoms with Crippen molar-refractivity contribution < 1.29 is 18.3 Å². The van der Waals surface area contributed by atoms with E-state index < -0.39 is 17.8 Å². The maximum Gasteiger partial charge on any atom is 0.416 e. The predicted octanol–water partition coefficient (Wildman–Crippen LogP) is 3.93. The molecule has 0 fully saturated rings. The lowest BCUT2D eigenvalue weighted by Gasteiger charge is -2.13. The number of aliphatic hydroxyl groups excluding tert-OH is 1. The number of aliphatic hydroxyl groups is 1. The van der Waals surface area contributed by atoms with Crippen LogP contribution in [0, 0.1) is 0 Å². The Bertz CT molecular complexity index is 333. The molecule has 0 aliphatic rings. The molecule has 0 aromatic heterocycles. The fourth-order valence-corrected chi connectivity index (χ4v) is 1.49. The summed E-state index contributed by atoms with van der Waals surface area (Å²) in [5.74, 6) is 0. The third-order valence-corrected chi connectivity index (χ3v) is 2.43. The number of unbranched alkanes of at least 4 members (excludes halogenated alkanes) is 1. The number of halogens is 3. The zero-order valence-corrected chi connectivity index (χ0v) is 9.09. The monoisotopic (exact) mass is 232 g/mol. The highest BCUT2D eigenvalue weighted by molar-refractivity contribution is 5.27. The molecule has 1 nitrogen and oxygen atoms in total. The van der Waals surface area contributed by atoms with Gasteiger partial charge in [-0.15, -0.1) is 0 Å². The van der Waals surface area contributed by atoms with Crippen molar-refractivity contribution >= 4 is 0 Å². The van der Waals surface area contributed by atoms with Gasteiger partial charge in [-0.25, -0.2) is 0 Å². The van der Waals surface area contributed by atoms with Crippen LogP contribution in [0.25, 0.3) is 0 Å². The Morgan fingerprint density at radius 2 is 2.00 bits per heavy atom. The summed E-state index contributed by atoms with van der Waals surface area (Å²) in [7, 11) is 0. The minimum Gasteiger partial charge on any atom is -0.388 e. The summed E-state index contributed by atoms with van der Waals surface area (Å²) in [6.45, 7) is 1.97. The summed E-state index contributed by atoms with van der Waals surface area (Å²) < 4.78 is 37.2. The van der Waals surface area contributed by atoms with Gasteiger partial charge in [-0.05, 0) is 24.1 Å². The molecule has 1 rings (SSSR count). The molecule has 0 radical (unpaired) electrons. The van der Waals surface area contributed by atoms with Gasteiger partial charge in [0, 0.05) is 0 Å². The van der Waals surface area contributed by atoms with Gasteiger partial charge in [0.15, 0.2) is 0 Å². The van der Waals surface area contributed by atoms with E-state index in [1.165, 1.54) is 12.1 Å².